The lowest BCUT2D eigenvalue weighted by atomic mass is 9.41. The highest BCUT2D eigenvalue weighted by molar-refractivity contribution is 5.75. The summed E-state index contributed by atoms with van der Waals surface area (Å²) < 4.78 is 0. The molecule has 1 spiro atoms. The molecule has 24 heavy (non-hydrogen) atoms. The van der Waals surface area contributed by atoms with Crippen molar-refractivity contribution in [1.29, 1.82) is 0 Å². The number of aliphatic hydroxyl groups is 1. The lowest BCUT2D eigenvalue weighted by Crippen LogP contribution is -2.59. The van der Waals surface area contributed by atoms with Crippen molar-refractivity contribution < 1.29 is 15.0 Å². The third-order valence-corrected chi connectivity index (χ3v) is 9.48. The first-order valence-corrected chi connectivity index (χ1v) is 9.95. The van der Waals surface area contributed by atoms with Crippen LogP contribution in [0.15, 0.2) is 0 Å². The topological polar surface area (TPSA) is 57.5 Å². The number of carboxylic acid groups (broad SMARTS) is 1. The Bertz CT molecular complexity index is 580. The maximum Gasteiger partial charge on any atom is 0.309 e. The maximum absolute atomic E-state index is 12.1. The Hall–Kier alpha value is -0.570. The fourth-order valence-corrected chi connectivity index (χ4v) is 8.34. The first kappa shape index (κ1) is 16.9. The lowest BCUT2D eigenvalue weighted by molar-refractivity contribution is -0.187. The summed E-state index contributed by atoms with van der Waals surface area (Å²) in [6.07, 6.45) is 9.24. The molecule has 0 aromatic rings. The van der Waals surface area contributed by atoms with Gasteiger partial charge < -0.3 is 10.2 Å². The molecule has 3 heteroatoms. The zero-order chi connectivity index (χ0) is 17.6. The van der Waals surface area contributed by atoms with Crippen LogP contribution in [0.5, 0.6) is 0 Å². The van der Waals surface area contributed by atoms with E-state index in [1.165, 1.54) is 6.42 Å². The average molecular weight is 335 g/mol. The van der Waals surface area contributed by atoms with Crippen LogP contribution >= 0.6 is 0 Å². The number of carbonyl (C=O) groups is 1. The van der Waals surface area contributed by atoms with Gasteiger partial charge in [-0.05, 0) is 86.4 Å². The van der Waals surface area contributed by atoms with Crippen molar-refractivity contribution in [2.45, 2.75) is 91.1 Å². The van der Waals surface area contributed by atoms with Gasteiger partial charge in [-0.1, -0.05) is 27.2 Å². The summed E-state index contributed by atoms with van der Waals surface area (Å²) in [7, 11) is 0. The van der Waals surface area contributed by atoms with Gasteiger partial charge in [-0.15, -0.1) is 0 Å². The monoisotopic (exact) mass is 334 g/mol. The fraction of sp³-hybridized carbons (Fsp3) is 0.952. The van der Waals surface area contributed by atoms with Crippen LogP contribution in [-0.4, -0.2) is 21.8 Å². The van der Waals surface area contributed by atoms with Gasteiger partial charge in [-0.3, -0.25) is 4.79 Å². The minimum Gasteiger partial charge on any atom is -0.481 e. The molecule has 2 unspecified atom stereocenters. The standard InChI is InChI=1S/C21H34O3/c1-17(2)12-20-10-6-14-18(3,8-5-9-19(14,4)16(22)23)15(20)7-11-21(17,24)13-20/h14-15,24H,5-13H2,1-4H3,(H,22,23)/t14?,15?,18-,19-,20-,21+/m1/s1. The number of aliphatic carboxylic acids is 1. The molecule has 3 nitrogen and oxygen atoms in total. The lowest BCUT2D eigenvalue weighted by Gasteiger charge is -2.63. The minimum absolute atomic E-state index is 0.00425. The molecule has 2 N–H and O–H groups in total. The van der Waals surface area contributed by atoms with E-state index in [2.05, 4.69) is 20.8 Å². The summed E-state index contributed by atoms with van der Waals surface area (Å²) in [5.41, 5.74) is -0.687. The van der Waals surface area contributed by atoms with Gasteiger partial charge in [0.25, 0.3) is 0 Å². The Labute approximate surface area is 146 Å². The molecular formula is C21H34O3. The molecule has 4 aliphatic rings. The normalized spacial score (nSPS) is 55.5. The molecule has 0 aliphatic heterocycles. The van der Waals surface area contributed by atoms with Gasteiger partial charge in [0.1, 0.15) is 0 Å². The molecule has 0 aromatic heterocycles. The van der Waals surface area contributed by atoms with E-state index in [9.17, 15) is 15.0 Å². The van der Waals surface area contributed by atoms with Gasteiger partial charge in [0.05, 0.1) is 11.0 Å². The van der Waals surface area contributed by atoms with E-state index in [1.807, 2.05) is 6.92 Å². The SMILES string of the molecule is CC1(C)C[C@@]23CCC4[C@@](C)(CCC[C@@]4(C)C(=O)O)C2CC[C@]1(O)C3. The Balaban J connectivity index is 1.76. The Morgan fingerprint density at radius 1 is 0.917 bits per heavy atom. The molecule has 4 aliphatic carbocycles. The van der Waals surface area contributed by atoms with Crippen molar-refractivity contribution >= 4 is 5.97 Å². The Morgan fingerprint density at radius 3 is 2.25 bits per heavy atom. The zero-order valence-electron chi connectivity index (χ0n) is 15.8. The van der Waals surface area contributed by atoms with Gasteiger partial charge in [0.2, 0.25) is 0 Å². The van der Waals surface area contributed by atoms with Gasteiger partial charge in [0, 0.05) is 0 Å². The van der Waals surface area contributed by atoms with Crippen LogP contribution in [-0.2, 0) is 4.79 Å². The highest BCUT2D eigenvalue weighted by Crippen LogP contribution is 2.75. The molecule has 136 valence electrons. The third kappa shape index (κ3) is 1.80. The zero-order valence-corrected chi connectivity index (χ0v) is 15.8. The highest BCUT2D eigenvalue weighted by atomic mass is 16.4. The number of hydrogen-bond acceptors (Lipinski definition) is 2. The van der Waals surface area contributed by atoms with Crippen LogP contribution in [0, 0.1) is 33.5 Å². The Morgan fingerprint density at radius 2 is 1.58 bits per heavy atom. The second-order valence-electron chi connectivity index (χ2n) is 10.9. The van der Waals surface area contributed by atoms with E-state index >= 15 is 0 Å². The van der Waals surface area contributed by atoms with Crippen LogP contribution in [0.25, 0.3) is 0 Å². The van der Waals surface area contributed by atoms with Gasteiger partial charge in [-0.2, -0.15) is 0 Å². The highest BCUT2D eigenvalue weighted by Gasteiger charge is 2.70. The van der Waals surface area contributed by atoms with Crippen molar-refractivity contribution in [3.8, 4) is 0 Å². The Kier molecular flexibility index (Phi) is 3.22. The predicted molar refractivity (Wildman–Crippen MR) is 93.5 cm³/mol. The van der Waals surface area contributed by atoms with Crippen molar-refractivity contribution in [2.75, 3.05) is 0 Å². The smallest absolute Gasteiger partial charge is 0.309 e. The summed E-state index contributed by atoms with van der Waals surface area (Å²) in [5.74, 6) is 0.292. The van der Waals surface area contributed by atoms with Gasteiger partial charge in [-0.25, -0.2) is 0 Å². The first-order chi connectivity index (χ1) is 11.0. The molecule has 0 heterocycles. The molecule has 0 radical (unpaired) electrons. The summed E-state index contributed by atoms with van der Waals surface area (Å²) in [6, 6.07) is 0. The first-order valence-electron chi connectivity index (χ1n) is 9.95. The maximum atomic E-state index is 12.1. The second-order valence-corrected chi connectivity index (χ2v) is 10.9. The summed E-state index contributed by atoms with van der Waals surface area (Å²) in [5, 5.41) is 21.2. The summed E-state index contributed by atoms with van der Waals surface area (Å²) >= 11 is 0. The van der Waals surface area contributed by atoms with Crippen molar-refractivity contribution in [3.05, 3.63) is 0 Å². The van der Waals surface area contributed by atoms with Crippen LogP contribution in [0.4, 0.5) is 0 Å². The van der Waals surface area contributed by atoms with E-state index in [1.54, 1.807) is 0 Å². The quantitative estimate of drug-likeness (QED) is 0.735. The molecule has 4 saturated carbocycles. The molecule has 6 atom stereocenters. The van der Waals surface area contributed by atoms with Crippen molar-refractivity contribution in [2.24, 2.45) is 33.5 Å². The van der Waals surface area contributed by atoms with E-state index < -0.39 is 17.0 Å². The van der Waals surface area contributed by atoms with Crippen LogP contribution in [0.3, 0.4) is 0 Å². The van der Waals surface area contributed by atoms with E-state index in [0.29, 0.717) is 11.8 Å². The molecule has 2 bridgehead atoms. The van der Waals surface area contributed by atoms with E-state index in [-0.39, 0.29) is 16.2 Å². The molecule has 0 saturated heterocycles. The van der Waals surface area contributed by atoms with E-state index in [4.69, 9.17) is 0 Å². The van der Waals surface area contributed by atoms with Crippen molar-refractivity contribution in [3.63, 3.8) is 0 Å². The molecule has 0 amide bonds. The van der Waals surface area contributed by atoms with Crippen LogP contribution in [0.1, 0.15) is 85.5 Å². The molecule has 0 aromatic carbocycles. The predicted octanol–water partition coefficient (Wildman–Crippen LogP) is 4.63. The average Bonchev–Trinajstić information content (AvgIpc) is 2.59. The number of hydrogen-bond donors (Lipinski definition) is 2. The fourth-order valence-electron chi connectivity index (χ4n) is 8.34. The van der Waals surface area contributed by atoms with Crippen LogP contribution in [0.2, 0.25) is 0 Å². The number of fused-ring (bicyclic) bond motifs is 3. The van der Waals surface area contributed by atoms with Crippen molar-refractivity contribution in [1.82, 2.24) is 0 Å². The van der Waals surface area contributed by atoms with E-state index in [0.717, 1.165) is 51.4 Å². The largest absolute Gasteiger partial charge is 0.481 e. The molecule has 4 rings (SSSR count). The van der Waals surface area contributed by atoms with Crippen LogP contribution < -0.4 is 0 Å². The molecule has 4 fully saturated rings. The second kappa shape index (κ2) is 4.58. The third-order valence-electron chi connectivity index (χ3n) is 9.48. The molecular weight excluding hydrogens is 300 g/mol. The number of carboxylic acids is 1. The minimum atomic E-state index is -0.589. The summed E-state index contributed by atoms with van der Waals surface area (Å²) in [6.45, 7) is 8.91. The van der Waals surface area contributed by atoms with Gasteiger partial charge in [0.15, 0.2) is 0 Å². The summed E-state index contributed by atoms with van der Waals surface area (Å²) in [4.78, 5) is 12.1. The van der Waals surface area contributed by atoms with Gasteiger partial charge >= 0.3 is 5.97 Å². The number of rotatable bonds is 1.